The lowest BCUT2D eigenvalue weighted by Gasteiger charge is -2.15. The van der Waals surface area contributed by atoms with Crippen LogP contribution in [-0.4, -0.2) is 41.8 Å². The number of rotatable bonds is 6. The summed E-state index contributed by atoms with van der Waals surface area (Å²) in [6.07, 6.45) is -2.41. The van der Waals surface area contributed by atoms with Gasteiger partial charge in [-0.15, -0.1) is 0 Å². The second-order valence-corrected chi connectivity index (χ2v) is 3.65. The van der Waals surface area contributed by atoms with E-state index >= 15 is 0 Å². The Labute approximate surface area is 84.1 Å². The highest BCUT2D eigenvalue weighted by Gasteiger charge is 2.29. The molecule has 0 rings (SSSR count). The number of hydrogen-bond donors (Lipinski definition) is 2. The molecule has 1 atom stereocenters. The van der Waals surface area contributed by atoms with E-state index in [-0.39, 0.29) is 6.42 Å². The van der Waals surface area contributed by atoms with Crippen LogP contribution in [0.3, 0.4) is 0 Å². The molecule has 2 N–H and O–H groups in total. The minimum Gasteiger partial charge on any atom is -0.480 e. The van der Waals surface area contributed by atoms with Crippen LogP contribution in [-0.2, 0) is 4.79 Å². The molecule has 14 heavy (non-hydrogen) atoms. The van der Waals surface area contributed by atoms with Gasteiger partial charge in [-0.25, -0.2) is 0 Å². The Morgan fingerprint density at radius 1 is 1.57 bits per heavy atom. The van der Waals surface area contributed by atoms with E-state index in [1.165, 1.54) is 11.8 Å². The maximum atomic E-state index is 11.7. The Hall–Kier alpha value is -0.430. The standard InChI is InChI=1S/C7H12F3NO2S/c1-14-3-2-5(6(12)13)11-4-7(8,9)10/h5,11H,2-4H2,1H3,(H,12,13). The molecule has 1 unspecified atom stereocenters. The van der Waals surface area contributed by atoms with E-state index in [1.807, 2.05) is 5.32 Å². The van der Waals surface area contributed by atoms with Gasteiger partial charge in [-0.05, 0) is 18.4 Å². The Morgan fingerprint density at radius 3 is 2.50 bits per heavy atom. The molecule has 0 aromatic heterocycles. The molecule has 0 aliphatic rings. The van der Waals surface area contributed by atoms with E-state index in [0.717, 1.165) is 0 Å². The zero-order valence-corrected chi connectivity index (χ0v) is 8.41. The molecular formula is C7H12F3NO2S. The van der Waals surface area contributed by atoms with Crippen LogP contribution in [0.4, 0.5) is 13.2 Å². The van der Waals surface area contributed by atoms with Crippen LogP contribution in [0, 0.1) is 0 Å². The first-order valence-electron chi connectivity index (χ1n) is 3.88. The fraction of sp³-hybridized carbons (Fsp3) is 0.857. The largest absolute Gasteiger partial charge is 0.480 e. The van der Waals surface area contributed by atoms with Crippen molar-refractivity contribution in [1.29, 1.82) is 0 Å². The van der Waals surface area contributed by atoms with Crippen LogP contribution >= 0.6 is 11.8 Å². The van der Waals surface area contributed by atoms with E-state index in [4.69, 9.17) is 5.11 Å². The molecule has 7 heteroatoms. The number of aliphatic carboxylic acids is 1. The molecule has 0 spiro atoms. The molecule has 0 radical (unpaired) electrons. The number of carbonyl (C=O) groups is 1. The summed E-state index contributed by atoms with van der Waals surface area (Å²) < 4.78 is 35.2. The third kappa shape index (κ3) is 7.02. The molecule has 0 bridgehead atoms. The second-order valence-electron chi connectivity index (χ2n) is 2.67. The summed E-state index contributed by atoms with van der Waals surface area (Å²) in [5, 5.41) is 10.5. The van der Waals surface area contributed by atoms with Gasteiger partial charge in [0.15, 0.2) is 0 Å². The molecule has 0 aromatic rings. The summed E-state index contributed by atoms with van der Waals surface area (Å²) in [5.74, 6) is -0.731. The van der Waals surface area contributed by atoms with Crippen LogP contribution in [0.15, 0.2) is 0 Å². The quantitative estimate of drug-likeness (QED) is 0.724. The topological polar surface area (TPSA) is 49.3 Å². The Morgan fingerprint density at radius 2 is 2.14 bits per heavy atom. The highest BCUT2D eigenvalue weighted by Crippen LogP contribution is 2.13. The van der Waals surface area contributed by atoms with Gasteiger partial charge in [-0.3, -0.25) is 10.1 Å². The van der Waals surface area contributed by atoms with Crippen LogP contribution < -0.4 is 5.32 Å². The minimum atomic E-state index is -4.37. The monoisotopic (exact) mass is 231 g/mol. The van der Waals surface area contributed by atoms with Crippen LogP contribution in [0.2, 0.25) is 0 Å². The summed E-state index contributed by atoms with van der Waals surface area (Å²) in [4.78, 5) is 10.5. The first kappa shape index (κ1) is 13.6. The van der Waals surface area contributed by atoms with Crippen molar-refractivity contribution in [2.75, 3.05) is 18.6 Å². The number of carboxylic acid groups (broad SMARTS) is 1. The van der Waals surface area contributed by atoms with Crippen LogP contribution in [0.5, 0.6) is 0 Å². The molecule has 0 heterocycles. The molecule has 0 aliphatic heterocycles. The number of hydrogen-bond acceptors (Lipinski definition) is 3. The van der Waals surface area contributed by atoms with Gasteiger partial charge in [0.25, 0.3) is 0 Å². The van der Waals surface area contributed by atoms with Crippen molar-refractivity contribution >= 4 is 17.7 Å². The molecule has 0 fully saturated rings. The SMILES string of the molecule is CSCCC(NCC(F)(F)F)C(=O)O. The summed E-state index contributed by atoms with van der Waals surface area (Å²) in [6.45, 7) is -1.27. The van der Waals surface area contributed by atoms with Crippen molar-refractivity contribution in [3.05, 3.63) is 0 Å². The van der Waals surface area contributed by atoms with Gasteiger partial charge in [-0.1, -0.05) is 0 Å². The van der Waals surface area contributed by atoms with Crippen molar-refractivity contribution in [3.63, 3.8) is 0 Å². The lowest BCUT2D eigenvalue weighted by Crippen LogP contribution is -2.42. The normalized spacial score (nSPS) is 14.0. The van der Waals surface area contributed by atoms with E-state index in [1.54, 1.807) is 6.26 Å². The van der Waals surface area contributed by atoms with Crippen molar-refractivity contribution in [1.82, 2.24) is 5.32 Å². The third-order valence-corrected chi connectivity index (χ3v) is 2.10. The number of thioether (sulfide) groups is 1. The molecule has 3 nitrogen and oxygen atoms in total. The lowest BCUT2D eigenvalue weighted by atomic mass is 10.2. The fourth-order valence-electron chi connectivity index (χ4n) is 0.787. The third-order valence-electron chi connectivity index (χ3n) is 1.46. The maximum absolute atomic E-state index is 11.7. The zero-order valence-electron chi connectivity index (χ0n) is 7.60. The Balaban J connectivity index is 3.91. The van der Waals surface area contributed by atoms with Gasteiger partial charge in [0.2, 0.25) is 0 Å². The molecule has 0 saturated heterocycles. The zero-order chi connectivity index (χ0) is 11.2. The summed E-state index contributed by atoms with van der Waals surface area (Å²) >= 11 is 1.40. The smallest absolute Gasteiger partial charge is 0.401 e. The molecule has 0 aromatic carbocycles. The molecule has 0 amide bonds. The average molecular weight is 231 g/mol. The van der Waals surface area contributed by atoms with Crippen molar-refractivity contribution in [3.8, 4) is 0 Å². The van der Waals surface area contributed by atoms with Crippen molar-refractivity contribution in [2.24, 2.45) is 0 Å². The van der Waals surface area contributed by atoms with Crippen LogP contribution in [0.25, 0.3) is 0 Å². The second kappa shape index (κ2) is 6.13. The fourth-order valence-corrected chi connectivity index (χ4v) is 1.26. The van der Waals surface area contributed by atoms with Gasteiger partial charge in [0.05, 0.1) is 6.54 Å². The molecular weight excluding hydrogens is 219 g/mol. The van der Waals surface area contributed by atoms with Crippen LogP contribution in [0.1, 0.15) is 6.42 Å². The minimum absolute atomic E-state index is 0.187. The van der Waals surface area contributed by atoms with Gasteiger partial charge < -0.3 is 5.11 Å². The lowest BCUT2D eigenvalue weighted by molar-refractivity contribution is -0.143. The van der Waals surface area contributed by atoms with Gasteiger partial charge >= 0.3 is 12.1 Å². The van der Waals surface area contributed by atoms with E-state index in [0.29, 0.717) is 5.75 Å². The first-order valence-corrected chi connectivity index (χ1v) is 5.28. The number of nitrogens with one attached hydrogen (secondary N) is 1. The predicted molar refractivity (Wildman–Crippen MR) is 48.5 cm³/mol. The number of halogens is 3. The van der Waals surface area contributed by atoms with E-state index in [2.05, 4.69) is 0 Å². The van der Waals surface area contributed by atoms with Crippen molar-refractivity contribution < 1.29 is 23.1 Å². The predicted octanol–water partition coefficient (Wildman–Crippen LogP) is 1.34. The van der Waals surface area contributed by atoms with E-state index < -0.39 is 24.7 Å². The van der Waals surface area contributed by atoms with Gasteiger partial charge in [0, 0.05) is 0 Å². The number of carboxylic acids is 1. The number of alkyl halides is 3. The maximum Gasteiger partial charge on any atom is 0.401 e. The Bertz CT molecular complexity index is 186. The molecule has 0 saturated carbocycles. The summed E-state index contributed by atoms with van der Waals surface area (Å²) in [5.41, 5.74) is 0. The van der Waals surface area contributed by atoms with Crippen molar-refractivity contribution in [2.45, 2.75) is 18.6 Å². The highest BCUT2D eigenvalue weighted by atomic mass is 32.2. The van der Waals surface area contributed by atoms with Gasteiger partial charge in [0.1, 0.15) is 6.04 Å². The first-order chi connectivity index (χ1) is 6.37. The van der Waals surface area contributed by atoms with Gasteiger partial charge in [-0.2, -0.15) is 24.9 Å². The highest BCUT2D eigenvalue weighted by molar-refractivity contribution is 7.98. The summed E-state index contributed by atoms with van der Waals surface area (Å²) in [6, 6.07) is -1.12. The molecule has 0 aliphatic carbocycles. The summed E-state index contributed by atoms with van der Waals surface area (Å²) in [7, 11) is 0. The Kier molecular flexibility index (Phi) is 5.94. The average Bonchev–Trinajstić information content (AvgIpc) is 2.01. The van der Waals surface area contributed by atoms with E-state index in [9.17, 15) is 18.0 Å². The molecule has 84 valence electrons.